The summed E-state index contributed by atoms with van der Waals surface area (Å²) >= 11 is 0. The number of nitrogens with one attached hydrogen (secondary N) is 1. The summed E-state index contributed by atoms with van der Waals surface area (Å²) in [5.41, 5.74) is 5.47. The molecule has 0 spiro atoms. The predicted octanol–water partition coefficient (Wildman–Crippen LogP) is 4.76. The van der Waals surface area contributed by atoms with Gasteiger partial charge in [-0.15, -0.1) is 5.10 Å². The van der Waals surface area contributed by atoms with Crippen LogP contribution in [0.5, 0.6) is 0 Å². The summed E-state index contributed by atoms with van der Waals surface area (Å²) in [6, 6.07) is 11.7. The zero-order chi connectivity index (χ0) is 25.3. The van der Waals surface area contributed by atoms with Crippen LogP contribution in [0.25, 0.3) is 16.6 Å². The van der Waals surface area contributed by atoms with Gasteiger partial charge in [0.15, 0.2) is 0 Å². The van der Waals surface area contributed by atoms with Gasteiger partial charge in [0.05, 0.1) is 17.3 Å². The van der Waals surface area contributed by atoms with Crippen molar-refractivity contribution in [1.29, 1.82) is 0 Å². The molecule has 1 saturated carbocycles. The van der Waals surface area contributed by atoms with E-state index in [9.17, 15) is 5.11 Å². The van der Waals surface area contributed by atoms with Crippen LogP contribution < -0.4 is 5.32 Å². The van der Waals surface area contributed by atoms with Gasteiger partial charge in [-0.2, -0.15) is 0 Å². The van der Waals surface area contributed by atoms with Crippen LogP contribution in [0.4, 0.5) is 5.95 Å². The molecule has 2 N–H and O–H groups in total. The van der Waals surface area contributed by atoms with Crippen molar-refractivity contribution in [2.75, 3.05) is 38.5 Å². The fraction of sp³-hybridized carbons (Fsp3) is 0.586. The molecule has 36 heavy (non-hydrogen) atoms. The lowest BCUT2D eigenvalue weighted by Crippen LogP contribution is -2.43. The minimum atomic E-state index is -0.551. The molecule has 1 aliphatic carbocycles. The Kier molecular flexibility index (Phi) is 7.33. The smallest absolute Gasteiger partial charge is 0.241 e. The second-order valence-electron chi connectivity index (χ2n) is 11.4. The van der Waals surface area contributed by atoms with Crippen molar-refractivity contribution in [3.05, 3.63) is 47.8 Å². The molecule has 1 aliphatic heterocycles. The summed E-state index contributed by atoms with van der Waals surface area (Å²) in [6.07, 6.45) is 6.58. The van der Waals surface area contributed by atoms with Crippen LogP contribution in [-0.2, 0) is 6.54 Å². The molecule has 1 atom stereocenters. The Bertz CT molecular complexity index is 1150. The van der Waals surface area contributed by atoms with E-state index >= 15 is 0 Å². The monoisotopic (exact) mass is 490 g/mol. The minimum Gasteiger partial charge on any atom is -0.390 e. The van der Waals surface area contributed by atoms with Gasteiger partial charge in [-0.25, -0.2) is 9.50 Å². The average molecular weight is 491 g/mol. The fourth-order valence-electron chi connectivity index (χ4n) is 5.51. The average Bonchev–Trinajstić information content (AvgIpc) is 3.24. The molecule has 5 rings (SSSR count). The Balaban J connectivity index is 1.44. The van der Waals surface area contributed by atoms with E-state index in [2.05, 4.69) is 75.8 Å². The molecule has 0 unspecified atom stereocenters. The van der Waals surface area contributed by atoms with E-state index in [0.29, 0.717) is 17.9 Å². The fourth-order valence-corrected chi connectivity index (χ4v) is 5.51. The number of hydrogen-bond acceptors (Lipinski definition) is 6. The van der Waals surface area contributed by atoms with Crippen LogP contribution in [0.2, 0.25) is 0 Å². The van der Waals surface area contributed by atoms with Gasteiger partial charge in [0.1, 0.15) is 0 Å². The highest BCUT2D eigenvalue weighted by molar-refractivity contribution is 5.81. The molecule has 0 radical (unpaired) electrons. The quantitative estimate of drug-likeness (QED) is 0.498. The second-order valence-corrected chi connectivity index (χ2v) is 11.4. The van der Waals surface area contributed by atoms with Crippen LogP contribution >= 0.6 is 0 Å². The molecular weight excluding hydrogens is 448 g/mol. The molecule has 2 fully saturated rings. The molecule has 0 bridgehead atoms. The number of likely N-dealkylation sites (N-methyl/N-ethyl adjacent to an activating group) is 1. The summed E-state index contributed by atoms with van der Waals surface area (Å²) in [7, 11) is 2.20. The van der Waals surface area contributed by atoms with Crippen LogP contribution in [-0.4, -0.2) is 74.4 Å². The van der Waals surface area contributed by atoms with E-state index < -0.39 is 5.60 Å². The number of fused-ring (bicyclic) bond motifs is 1. The number of nitrogens with zero attached hydrogens (tertiary/aromatic N) is 5. The first-order valence-corrected chi connectivity index (χ1v) is 13.7. The SMILES string of the molecule is CC[C@H](C)Nc1ncc2c(-c3ccc(CN4CCN(C)CC4)cc3)cc(C3CCC(C)(O)CC3)n2n1. The number of piperazine rings is 1. The van der Waals surface area contributed by atoms with E-state index in [-0.39, 0.29) is 0 Å². The molecular formula is C29H42N6O. The molecule has 194 valence electrons. The van der Waals surface area contributed by atoms with Crippen molar-refractivity contribution in [1.82, 2.24) is 24.4 Å². The molecule has 0 amide bonds. The summed E-state index contributed by atoms with van der Waals surface area (Å²) in [5.74, 6) is 1.06. The lowest BCUT2D eigenvalue weighted by atomic mass is 9.78. The number of anilines is 1. The van der Waals surface area contributed by atoms with Gasteiger partial charge in [0.2, 0.25) is 5.95 Å². The summed E-state index contributed by atoms with van der Waals surface area (Å²) in [4.78, 5) is 9.61. The van der Waals surface area contributed by atoms with Crippen molar-refractivity contribution < 1.29 is 5.11 Å². The number of aromatic nitrogens is 3. The van der Waals surface area contributed by atoms with Crippen molar-refractivity contribution in [3.8, 4) is 11.1 Å². The first-order valence-electron chi connectivity index (χ1n) is 13.7. The van der Waals surface area contributed by atoms with E-state index in [1.807, 2.05) is 13.1 Å². The third-order valence-electron chi connectivity index (χ3n) is 8.28. The Morgan fingerprint density at radius 2 is 1.81 bits per heavy atom. The highest BCUT2D eigenvalue weighted by atomic mass is 16.3. The molecule has 7 heteroatoms. The molecule has 2 aliphatic rings. The molecule has 7 nitrogen and oxygen atoms in total. The molecule has 3 aromatic rings. The maximum atomic E-state index is 10.5. The number of benzene rings is 1. The van der Waals surface area contributed by atoms with Gasteiger partial charge >= 0.3 is 0 Å². The minimum absolute atomic E-state index is 0.318. The summed E-state index contributed by atoms with van der Waals surface area (Å²) in [5, 5.41) is 18.9. The van der Waals surface area contributed by atoms with Gasteiger partial charge < -0.3 is 15.3 Å². The van der Waals surface area contributed by atoms with Crippen LogP contribution in [0, 0.1) is 0 Å². The first kappa shape index (κ1) is 25.2. The zero-order valence-electron chi connectivity index (χ0n) is 22.4. The van der Waals surface area contributed by atoms with Crippen molar-refractivity contribution >= 4 is 11.5 Å². The number of rotatable bonds is 7. The van der Waals surface area contributed by atoms with Gasteiger partial charge in [0, 0.05) is 55.9 Å². The van der Waals surface area contributed by atoms with Crippen LogP contribution in [0.1, 0.15) is 70.1 Å². The number of aliphatic hydroxyl groups is 1. The lowest BCUT2D eigenvalue weighted by Gasteiger charge is -2.32. The van der Waals surface area contributed by atoms with Gasteiger partial charge in [-0.3, -0.25) is 4.90 Å². The zero-order valence-corrected chi connectivity index (χ0v) is 22.4. The Hall–Kier alpha value is -2.48. The van der Waals surface area contributed by atoms with Gasteiger partial charge in [-0.05, 0) is 70.2 Å². The highest BCUT2D eigenvalue weighted by Crippen LogP contribution is 2.40. The normalized spacial score (nSPS) is 24.8. The van der Waals surface area contributed by atoms with Crippen LogP contribution in [0.3, 0.4) is 0 Å². The Morgan fingerprint density at radius 1 is 1.11 bits per heavy atom. The van der Waals surface area contributed by atoms with Gasteiger partial charge in [0.25, 0.3) is 0 Å². The number of hydrogen-bond donors (Lipinski definition) is 2. The van der Waals surface area contributed by atoms with E-state index in [0.717, 1.165) is 70.3 Å². The Morgan fingerprint density at radius 3 is 2.47 bits per heavy atom. The van der Waals surface area contributed by atoms with E-state index in [4.69, 9.17) is 5.10 Å². The van der Waals surface area contributed by atoms with Crippen molar-refractivity contribution in [2.45, 2.75) is 77.0 Å². The summed E-state index contributed by atoms with van der Waals surface area (Å²) in [6.45, 7) is 11.8. The lowest BCUT2D eigenvalue weighted by molar-refractivity contribution is 0.0167. The Labute approximate surface area is 215 Å². The van der Waals surface area contributed by atoms with E-state index in [1.165, 1.54) is 22.4 Å². The van der Waals surface area contributed by atoms with Crippen molar-refractivity contribution in [3.63, 3.8) is 0 Å². The molecule has 1 aromatic carbocycles. The van der Waals surface area contributed by atoms with Gasteiger partial charge in [-0.1, -0.05) is 31.2 Å². The largest absolute Gasteiger partial charge is 0.390 e. The molecule has 1 saturated heterocycles. The van der Waals surface area contributed by atoms with Crippen LogP contribution in [0.15, 0.2) is 36.5 Å². The van der Waals surface area contributed by atoms with E-state index in [1.54, 1.807) is 0 Å². The maximum Gasteiger partial charge on any atom is 0.241 e. The highest BCUT2D eigenvalue weighted by Gasteiger charge is 2.31. The topological polar surface area (TPSA) is 68.9 Å². The molecule has 2 aromatic heterocycles. The third kappa shape index (κ3) is 5.58. The molecule has 3 heterocycles. The third-order valence-corrected chi connectivity index (χ3v) is 8.28. The standard InChI is InChI=1S/C29H42N6O/c1-5-21(2)31-28-30-19-27-25(18-26(35(27)32-28)24-10-12-29(3,36)13-11-24)23-8-6-22(7-9-23)20-34-16-14-33(4)15-17-34/h6-9,18-19,21,24,36H,5,10-17,20H2,1-4H3,(H,31,32)/t21-,24?,29?/m0/s1. The summed E-state index contributed by atoms with van der Waals surface area (Å²) < 4.78 is 2.11. The predicted molar refractivity (Wildman–Crippen MR) is 146 cm³/mol. The van der Waals surface area contributed by atoms with Crippen molar-refractivity contribution in [2.24, 2.45) is 0 Å². The first-order chi connectivity index (χ1) is 17.3. The second kappa shape index (κ2) is 10.5. The maximum absolute atomic E-state index is 10.5.